The average Bonchev–Trinajstić information content (AvgIpc) is 2.82. The highest BCUT2D eigenvalue weighted by Crippen LogP contribution is 2.23. The number of ether oxygens (including phenoxy) is 1. The number of para-hydroxylation sites is 2. The van der Waals surface area contributed by atoms with Gasteiger partial charge in [-0.3, -0.25) is 9.59 Å². The second-order valence-electron chi connectivity index (χ2n) is 8.05. The summed E-state index contributed by atoms with van der Waals surface area (Å²) in [4.78, 5) is 28.0. The van der Waals surface area contributed by atoms with Crippen molar-refractivity contribution in [2.24, 2.45) is 0 Å². The molecular weight excluding hydrogens is 402 g/mol. The lowest BCUT2D eigenvalue weighted by atomic mass is 10.1. The van der Waals surface area contributed by atoms with Crippen LogP contribution in [0, 0.1) is 0 Å². The Morgan fingerprint density at radius 2 is 1.56 bits per heavy atom. The van der Waals surface area contributed by atoms with E-state index in [1.54, 1.807) is 42.5 Å². The van der Waals surface area contributed by atoms with Crippen molar-refractivity contribution in [1.29, 1.82) is 0 Å². The predicted octanol–water partition coefficient (Wildman–Crippen LogP) is 5.70. The van der Waals surface area contributed by atoms with Gasteiger partial charge in [-0.2, -0.15) is 0 Å². The Morgan fingerprint density at radius 3 is 2.31 bits per heavy atom. The normalized spacial score (nSPS) is 11.2. The zero-order chi connectivity index (χ0) is 22.8. The minimum atomic E-state index is -0.351. The van der Waals surface area contributed by atoms with Crippen LogP contribution < -0.4 is 10.2 Å². The molecule has 32 heavy (non-hydrogen) atoms. The Kier molecular flexibility index (Phi) is 9.05. The molecule has 5 nitrogen and oxygen atoms in total. The van der Waals surface area contributed by atoms with Crippen LogP contribution in [0.15, 0.2) is 63.8 Å². The van der Waals surface area contributed by atoms with Gasteiger partial charge >= 0.3 is 0 Å². The van der Waals surface area contributed by atoms with Crippen LogP contribution >= 0.6 is 0 Å². The number of unbranched alkanes of at least 4 members (excludes halogenated alkanes) is 2. The summed E-state index contributed by atoms with van der Waals surface area (Å²) in [6, 6.07) is 15.3. The fourth-order valence-electron chi connectivity index (χ4n) is 3.70. The summed E-state index contributed by atoms with van der Waals surface area (Å²) in [5.74, 6) is 0.188. The Bertz CT molecular complexity index is 1060. The zero-order valence-corrected chi connectivity index (χ0v) is 19.1. The standard InChI is InChI=1S/C27H33NO4/c1-3-5-16-28(17-6-4-2)18-11-19-31-24-14-9-8-13-22(24)27(30)26-20-23(29)21-12-7-10-15-25(21)32-26/h7-10,12-15,20H,3-6,11,16-19H2,1-2H3. The van der Waals surface area contributed by atoms with Crippen molar-refractivity contribution >= 4 is 16.8 Å². The smallest absolute Gasteiger partial charge is 0.232 e. The Balaban J connectivity index is 1.67. The van der Waals surface area contributed by atoms with Gasteiger partial charge < -0.3 is 14.1 Å². The lowest BCUT2D eigenvalue weighted by Crippen LogP contribution is -2.28. The van der Waals surface area contributed by atoms with Crippen LogP contribution in [-0.2, 0) is 0 Å². The molecule has 0 aliphatic heterocycles. The number of rotatable bonds is 13. The van der Waals surface area contributed by atoms with Gasteiger partial charge in [-0.05, 0) is 56.6 Å². The number of nitrogens with zero attached hydrogens (tertiary/aromatic N) is 1. The second kappa shape index (κ2) is 12.2. The Labute approximate surface area is 190 Å². The molecule has 0 amide bonds. The molecule has 0 atom stereocenters. The van der Waals surface area contributed by atoms with Crippen molar-refractivity contribution < 1.29 is 13.9 Å². The third-order valence-electron chi connectivity index (χ3n) is 5.52. The molecule has 0 N–H and O–H groups in total. The number of hydrogen-bond acceptors (Lipinski definition) is 5. The van der Waals surface area contributed by atoms with Gasteiger partial charge in [0.2, 0.25) is 5.78 Å². The Morgan fingerprint density at radius 1 is 0.906 bits per heavy atom. The van der Waals surface area contributed by atoms with Crippen molar-refractivity contribution in [1.82, 2.24) is 4.90 Å². The molecule has 0 bridgehead atoms. The van der Waals surface area contributed by atoms with Gasteiger partial charge in [0, 0.05) is 12.6 Å². The first kappa shape index (κ1) is 23.7. The molecule has 5 heteroatoms. The largest absolute Gasteiger partial charge is 0.493 e. The number of carbonyl (C=O) groups is 1. The lowest BCUT2D eigenvalue weighted by molar-refractivity contribution is 0.101. The fraction of sp³-hybridized carbons (Fsp3) is 0.407. The Hall–Kier alpha value is -2.92. The van der Waals surface area contributed by atoms with E-state index in [0.717, 1.165) is 26.1 Å². The molecule has 0 spiro atoms. The molecule has 3 aromatic rings. The summed E-state index contributed by atoms with van der Waals surface area (Å²) >= 11 is 0. The second-order valence-corrected chi connectivity index (χ2v) is 8.05. The molecule has 0 aliphatic carbocycles. The first-order valence-electron chi connectivity index (χ1n) is 11.7. The SMILES string of the molecule is CCCCN(CCCC)CCCOc1ccccc1C(=O)c1cc(=O)c2ccccc2o1. The maximum Gasteiger partial charge on any atom is 0.232 e. The molecule has 0 fully saturated rings. The van der Waals surface area contributed by atoms with Gasteiger partial charge in [0.1, 0.15) is 11.3 Å². The topological polar surface area (TPSA) is 59.8 Å². The third kappa shape index (κ3) is 6.30. The van der Waals surface area contributed by atoms with Crippen molar-refractivity contribution in [2.45, 2.75) is 46.0 Å². The molecule has 1 heterocycles. The van der Waals surface area contributed by atoms with Crippen molar-refractivity contribution in [3.05, 3.63) is 76.1 Å². The molecule has 0 unspecified atom stereocenters. The average molecular weight is 436 g/mol. The summed E-state index contributed by atoms with van der Waals surface area (Å²) in [5, 5.41) is 0.462. The van der Waals surface area contributed by atoms with Gasteiger partial charge in [-0.25, -0.2) is 0 Å². The van der Waals surface area contributed by atoms with Gasteiger partial charge in [-0.1, -0.05) is 51.0 Å². The van der Waals surface area contributed by atoms with Crippen LogP contribution in [0.2, 0.25) is 0 Å². The number of benzene rings is 2. The predicted molar refractivity (Wildman–Crippen MR) is 129 cm³/mol. The van der Waals surface area contributed by atoms with E-state index in [1.165, 1.54) is 31.7 Å². The fourth-order valence-corrected chi connectivity index (χ4v) is 3.70. The van der Waals surface area contributed by atoms with Gasteiger partial charge in [0.25, 0.3) is 0 Å². The van der Waals surface area contributed by atoms with Gasteiger partial charge in [-0.15, -0.1) is 0 Å². The van der Waals surface area contributed by atoms with Crippen LogP contribution in [0.4, 0.5) is 0 Å². The van der Waals surface area contributed by atoms with Crippen LogP contribution in [0.5, 0.6) is 5.75 Å². The highest BCUT2D eigenvalue weighted by atomic mass is 16.5. The van der Waals surface area contributed by atoms with Crippen LogP contribution in [0.3, 0.4) is 0 Å². The molecular formula is C27H33NO4. The zero-order valence-electron chi connectivity index (χ0n) is 19.1. The van der Waals surface area contributed by atoms with Gasteiger partial charge in [0.05, 0.1) is 17.6 Å². The van der Waals surface area contributed by atoms with E-state index in [1.807, 2.05) is 6.07 Å². The van der Waals surface area contributed by atoms with E-state index < -0.39 is 0 Å². The van der Waals surface area contributed by atoms with E-state index in [9.17, 15) is 9.59 Å². The first-order valence-corrected chi connectivity index (χ1v) is 11.7. The number of hydrogen-bond donors (Lipinski definition) is 0. The summed E-state index contributed by atoms with van der Waals surface area (Å²) < 4.78 is 11.7. The third-order valence-corrected chi connectivity index (χ3v) is 5.52. The summed E-state index contributed by atoms with van der Waals surface area (Å²) in [6.07, 6.45) is 5.69. The monoisotopic (exact) mass is 435 g/mol. The molecule has 0 aliphatic rings. The molecule has 0 radical (unpaired) electrons. The summed E-state index contributed by atoms with van der Waals surface area (Å²) in [7, 11) is 0. The lowest BCUT2D eigenvalue weighted by Gasteiger charge is -2.22. The minimum absolute atomic E-state index is 0.0232. The van der Waals surface area contributed by atoms with Crippen LogP contribution in [-0.4, -0.2) is 36.9 Å². The van der Waals surface area contributed by atoms with E-state index >= 15 is 0 Å². The quantitative estimate of drug-likeness (QED) is 0.255. The summed E-state index contributed by atoms with van der Waals surface area (Å²) in [5.41, 5.74) is 0.577. The highest BCUT2D eigenvalue weighted by molar-refractivity contribution is 6.09. The van der Waals surface area contributed by atoms with E-state index in [-0.39, 0.29) is 17.0 Å². The van der Waals surface area contributed by atoms with Crippen LogP contribution in [0.1, 0.15) is 62.1 Å². The summed E-state index contributed by atoms with van der Waals surface area (Å²) in [6.45, 7) is 8.18. The molecule has 1 aromatic heterocycles. The van der Waals surface area contributed by atoms with Crippen molar-refractivity contribution in [3.8, 4) is 5.75 Å². The molecule has 2 aromatic carbocycles. The molecule has 170 valence electrons. The van der Waals surface area contributed by atoms with Crippen molar-refractivity contribution in [3.63, 3.8) is 0 Å². The van der Waals surface area contributed by atoms with Crippen molar-refractivity contribution in [2.75, 3.05) is 26.2 Å². The molecule has 0 saturated carbocycles. The molecule has 3 rings (SSSR count). The van der Waals surface area contributed by atoms with E-state index in [0.29, 0.717) is 28.9 Å². The van der Waals surface area contributed by atoms with Crippen LogP contribution in [0.25, 0.3) is 11.0 Å². The maximum absolute atomic E-state index is 13.1. The number of ketones is 1. The number of carbonyl (C=O) groups excluding carboxylic acids is 1. The minimum Gasteiger partial charge on any atom is -0.493 e. The van der Waals surface area contributed by atoms with E-state index in [4.69, 9.17) is 9.15 Å². The first-order chi connectivity index (χ1) is 15.6. The maximum atomic E-state index is 13.1. The van der Waals surface area contributed by atoms with Gasteiger partial charge in [0.15, 0.2) is 11.2 Å². The van der Waals surface area contributed by atoms with E-state index in [2.05, 4.69) is 18.7 Å². The highest BCUT2D eigenvalue weighted by Gasteiger charge is 2.18. The molecule has 0 saturated heterocycles. The number of fused-ring (bicyclic) bond motifs is 1.